The van der Waals surface area contributed by atoms with Crippen LogP contribution in [0.2, 0.25) is 0 Å². The van der Waals surface area contributed by atoms with Gasteiger partial charge in [-0.15, -0.1) is 0 Å². The van der Waals surface area contributed by atoms with Gasteiger partial charge in [0.1, 0.15) is 23.2 Å². The number of nitrogens with zero attached hydrogens (tertiary/aromatic N) is 1. The van der Waals surface area contributed by atoms with Crippen molar-refractivity contribution in [2.75, 3.05) is 5.32 Å². The van der Waals surface area contributed by atoms with Gasteiger partial charge in [-0.2, -0.15) is 0 Å². The van der Waals surface area contributed by atoms with Gasteiger partial charge < -0.3 is 10.1 Å². The monoisotopic (exact) mass is 508 g/mol. The minimum Gasteiger partial charge on any atom is -0.454 e. The average Bonchev–Trinajstić information content (AvgIpc) is 3.77. The molecule has 9 heteroatoms. The number of nitrogens with one attached hydrogen (secondary N) is 1. The predicted molar refractivity (Wildman–Crippen MR) is 128 cm³/mol. The Morgan fingerprint density at radius 1 is 0.919 bits per heavy atom. The number of amides is 1. The first-order valence-electron chi connectivity index (χ1n) is 12.0. The molecule has 37 heavy (non-hydrogen) atoms. The summed E-state index contributed by atoms with van der Waals surface area (Å²) >= 11 is 0. The maximum absolute atomic E-state index is 14.8. The molecule has 3 aromatic rings. The lowest BCUT2D eigenvalue weighted by Crippen LogP contribution is -2.29. The molecule has 1 N–H and O–H groups in total. The maximum atomic E-state index is 14.8. The highest BCUT2D eigenvalue weighted by molar-refractivity contribution is 6.11. The van der Waals surface area contributed by atoms with Crippen molar-refractivity contribution < 1.29 is 32.3 Å². The summed E-state index contributed by atoms with van der Waals surface area (Å²) in [6.07, 6.45) is 3.24. The molecule has 2 saturated carbocycles. The second-order valence-electron chi connectivity index (χ2n) is 9.52. The number of carbonyl (C=O) groups is 3. The van der Waals surface area contributed by atoms with Crippen LogP contribution in [0.25, 0.3) is 0 Å². The van der Waals surface area contributed by atoms with Crippen molar-refractivity contribution in [1.82, 2.24) is 4.98 Å². The standard InChI is InChI=1S/C28H23F3N2O4/c29-19-5-1-16(2-6-19)11-24(34)28(8-9-28)25(35)13-18-12-22(31)23(15-21(18)30)37-20-7-10-32-26(14-20)33-27(36)17-3-4-17/h1-2,5-7,10,12,14-15,17H,3-4,8-9,11,13H2,(H,32,33,36). The summed E-state index contributed by atoms with van der Waals surface area (Å²) in [4.78, 5) is 41.7. The third kappa shape index (κ3) is 5.55. The van der Waals surface area contributed by atoms with Crippen LogP contribution in [-0.2, 0) is 27.2 Å². The summed E-state index contributed by atoms with van der Waals surface area (Å²) in [6, 6.07) is 10.0. The Labute approximate surface area is 210 Å². The fourth-order valence-corrected chi connectivity index (χ4v) is 4.16. The molecule has 0 saturated heterocycles. The van der Waals surface area contributed by atoms with E-state index in [2.05, 4.69) is 10.3 Å². The summed E-state index contributed by atoms with van der Waals surface area (Å²) in [5.74, 6) is -3.14. The number of ketones is 2. The lowest BCUT2D eigenvalue weighted by Gasteiger charge is -2.14. The summed E-state index contributed by atoms with van der Waals surface area (Å²) in [7, 11) is 0. The Hall–Kier alpha value is -4.01. The number of pyridine rings is 1. The predicted octanol–water partition coefficient (Wildman–Crippen LogP) is 5.34. The molecule has 6 nitrogen and oxygen atoms in total. The second-order valence-corrected chi connectivity index (χ2v) is 9.52. The number of halogens is 3. The number of hydrogen-bond acceptors (Lipinski definition) is 5. The van der Waals surface area contributed by atoms with Crippen molar-refractivity contribution >= 4 is 23.3 Å². The van der Waals surface area contributed by atoms with Gasteiger partial charge in [0, 0.05) is 37.1 Å². The van der Waals surface area contributed by atoms with Crippen LogP contribution in [0.15, 0.2) is 54.7 Å². The molecule has 0 atom stereocenters. The number of Topliss-reactive ketones (excluding diaryl/α,β-unsaturated/α-hetero) is 2. The van der Waals surface area contributed by atoms with Gasteiger partial charge in [-0.25, -0.2) is 18.2 Å². The molecule has 1 amide bonds. The normalized spacial score (nSPS) is 15.6. The molecule has 2 aromatic carbocycles. The second kappa shape index (κ2) is 9.80. The molecule has 1 heterocycles. The zero-order chi connectivity index (χ0) is 26.2. The van der Waals surface area contributed by atoms with Gasteiger partial charge in [0.25, 0.3) is 0 Å². The largest absolute Gasteiger partial charge is 0.454 e. The van der Waals surface area contributed by atoms with Crippen LogP contribution in [-0.4, -0.2) is 22.5 Å². The fourth-order valence-electron chi connectivity index (χ4n) is 4.16. The van der Waals surface area contributed by atoms with Gasteiger partial charge in [0.15, 0.2) is 23.1 Å². The van der Waals surface area contributed by atoms with Crippen LogP contribution in [0.3, 0.4) is 0 Å². The van der Waals surface area contributed by atoms with Crippen LogP contribution in [0.5, 0.6) is 11.5 Å². The van der Waals surface area contributed by atoms with Crippen molar-refractivity contribution in [2.24, 2.45) is 11.3 Å². The minimum absolute atomic E-state index is 0.0267. The van der Waals surface area contributed by atoms with E-state index in [-0.39, 0.29) is 41.2 Å². The summed E-state index contributed by atoms with van der Waals surface area (Å²) in [5, 5.41) is 2.65. The summed E-state index contributed by atoms with van der Waals surface area (Å²) in [5.41, 5.74) is -0.816. The molecule has 2 aliphatic carbocycles. The first-order valence-corrected chi connectivity index (χ1v) is 12.0. The van der Waals surface area contributed by atoms with Crippen LogP contribution < -0.4 is 10.1 Å². The first kappa shape index (κ1) is 24.7. The van der Waals surface area contributed by atoms with E-state index in [1.807, 2.05) is 0 Å². The molecule has 0 radical (unpaired) electrons. The number of rotatable bonds is 10. The van der Waals surface area contributed by atoms with E-state index in [0.717, 1.165) is 25.0 Å². The van der Waals surface area contributed by atoms with E-state index in [0.29, 0.717) is 18.4 Å². The number of carbonyl (C=O) groups excluding carboxylic acids is 3. The molecule has 0 bridgehead atoms. The van der Waals surface area contributed by atoms with Crippen molar-refractivity contribution in [3.8, 4) is 11.5 Å². The molecular formula is C28H23F3N2O4. The highest BCUT2D eigenvalue weighted by atomic mass is 19.1. The van der Waals surface area contributed by atoms with Gasteiger partial charge in [-0.05, 0) is 61.1 Å². The fraction of sp³-hybridized carbons (Fsp3) is 0.286. The minimum atomic E-state index is -1.22. The quantitative estimate of drug-likeness (QED) is 0.374. The van der Waals surface area contributed by atoms with Crippen LogP contribution >= 0.6 is 0 Å². The lowest BCUT2D eigenvalue weighted by molar-refractivity contribution is -0.134. The van der Waals surface area contributed by atoms with E-state index < -0.39 is 40.8 Å². The number of ether oxygens (including phenoxy) is 1. The molecule has 0 aliphatic heterocycles. The van der Waals surface area contributed by atoms with Crippen molar-refractivity contribution in [3.05, 3.63) is 83.3 Å². The van der Waals surface area contributed by atoms with Gasteiger partial charge in [-0.1, -0.05) is 12.1 Å². The molecule has 0 unspecified atom stereocenters. The van der Waals surface area contributed by atoms with E-state index in [9.17, 15) is 27.6 Å². The molecule has 2 aliphatic rings. The Kier molecular flexibility index (Phi) is 6.54. The number of hydrogen-bond donors (Lipinski definition) is 1. The average molecular weight is 508 g/mol. The van der Waals surface area contributed by atoms with Crippen molar-refractivity contribution in [2.45, 2.75) is 38.5 Å². The van der Waals surface area contributed by atoms with Crippen LogP contribution in [0.1, 0.15) is 36.8 Å². The highest BCUT2D eigenvalue weighted by Gasteiger charge is 2.54. The molecule has 1 aromatic heterocycles. The number of benzene rings is 2. The Morgan fingerprint density at radius 2 is 1.62 bits per heavy atom. The first-order chi connectivity index (χ1) is 17.7. The molecular weight excluding hydrogens is 485 g/mol. The van der Waals surface area contributed by atoms with E-state index in [1.54, 1.807) is 0 Å². The zero-order valence-corrected chi connectivity index (χ0v) is 19.7. The summed E-state index contributed by atoms with van der Waals surface area (Å²) < 4.78 is 48.2. The number of anilines is 1. The maximum Gasteiger partial charge on any atom is 0.228 e. The van der Waals surface area contributed by atoms with Gasteiger partial charge in [0.2, 0.25) is 5.91 Å². The van der Waals surface area contributed by atoms with E-state index >= 15 is 0 Å². The molecule has 2 fully saturated rings. The highest BCUT2D eigenvalue weighted by Crippen LogP contribution is 2.49. The Bertz CT molecular complexity index is 1380. The molecule has 0 spiro atoms. The lowest BCUT2D eigenvalue weighted by atomic mass is 9.87. The van der Waals surface area contributed by atoms with E-state index in [1.165, 1.54) is 42.6 Å². The van der Waals surface area contributed by atoms with Gasteiger partial charge in [0.05, 0.1) is 5.41 Å². The van der Waals surface area contributed by atoms with Crippen molar-refractivity contribution in [3.63, 3.8) is 0 Å². The SMILES string of the molecule is O=C(Nc1cc(Oc2cc(F)c(CC(=O)C3(C(=O)Cc4ccc(F)cc4)CC3)cc2F)ccn1)C1CC1. The zero-order valence-electron chi connectivity index (χ0n) is 19.7. The Morgan fingerprint density at radius 3 is 2.30 bits per heavy atom. The van der Waals surface area contributed by atoms with Crippen LogP contribution in [0.4, 0.5) is 19.0 Å². The van der Waals surface area contributed by atoms with Gasteiger partial charge in [-0.3, -0.25) is 14.4 Å². The van der Waals surface area contributed by atoms with Gasteiger partial charge >= 0.3 is 0 Å². The number of aromatic nitrogens is 1. The Balaban J connectivity index is 1.25. The smallest absolute Gasteiger partial charge is 0.228 e. The molecule has 190 valence electrons. The van der Waals surface area contributed by atoms with Crippen LogP contribution in [0, 0.1) is 28.8 Å². The topological polar surface area (TPSA) is 85.4 Å². The summed E-state index contributed by atoms with van der Waals surface area (Å²) in [6.45, 7) is 0. The van der Waals surface area contributed by atoms with E-state index in [4.69, 9.17) is 4.74 Å². The third-order valence-corrected chi connectivity index (χ3v) is 6.71. The molecule has 5 rings (SSSR count). The third-order valence-electron chi connectivity index (χ3n) is 6.71. The van der Waals surface area contributed by atoms with Crippen molar-refractivity contribution in [1.29, 1.82) is 0 Å².